The third-order valence-electron chi connectivity index (χ3n) is 4.33. The zero-order valence-electron chi connectivity index (χ0n) is 13.5. The maximum atomic E-state index is 12.3. The second-order valence-corrected chi connectivity index (χ2v) is 6.40. The number of alkyl halides is 2. The number of halogens is 3. The van der Waals surface area contributed by atoms with E-state index in [1.54, 1.807) is 0 Å². The Balaban J connectivity index is 1.63. The number of hydrogen-bond donors (Lipinski definition) is 1. The molecule has 1 fully saturated rings. The number of nitrogens with one attached hydrogen (secondary N) is 1. The number of likely N-dealkylation sites (tertiary alicyclic amines) is 1. The Morgan fingerprint density at radius 1 is 1.23 bits per heavy atom. The van der Waals surface area contributed by atoms with Crippen molar-refractivity contribution in [3.05, 3.63) is 35.4 Å². The molecule has 1 heterocycles. The van der Waals surface area contributed by atoms with Crippen molar-refractivity contribution in [1.29, 1.82) is 0 Å². The number of anilines is 1. The van der Waals surface area contributed by atoms with Gasteiger partial charge in [0.05, 0.1) is 16.9 Å². The predicted octanol–water partition coefficient (Wildman–Crippen LogP) is 2.83. The summed E-state index contributed by atoms with van der Waals surface area (Å²) in [5.74, 6) is -2.31. The molecule has 1 N–H and O–H groups in total. The van der Waals surface area contributed by atoms with Crippen LogP contribution in [0.5, 0.6) is 5.75 Å². The van der Waals surface area contributed by atoms with E-state index in [1.165, 1.54) is 18.2 Å². The van der Waals surface area contributed by atoms with Crippen molar-refractivity contribution in [2.24, 2.45) is 11.8 Å². The lowest BCUT2D eigenvalue weighted by Crippen LogP contribution is -2.38. The number of nitrogens with zero attached hydrogens (tertiary/aromatic N) is 1. The Hall–Kier alpha value is -2.48. The first-order chi connectivity index (χ1) is 12.4. The van der Waals surface area contributed by atoms with E-state index >= 15 is 0 Å². The molecule has 3 rings (SSSR count). The van der Waals surface area contributed by atoms with Crippen molar-refractivity contribution in [2.45, 2.75) is 19.5 Å². The molecular formula is C17H15ClF2N2O4. The number of hydrogen-bond acceptors (Lipinski definition) is 4. The van der Waals surface area contributed by atoms with Crippen LogP contribution in [0, 0.1) is 11.8 Å². The van der Waals surface area contributed by atoms with Crippen molar-refractivity contribution in [1.82, 2.24) is 4.90 Å². The van der Waals surface area contributed by atoms with Crippen molar-refractivity contribution in [3.8, 4) is 5.75 Å². The lowest BCUT2D eigenvalue weighted by molar-refractivity contribution is -0.142. The second kappa shape index (κ2) is 7.41. The van der Waals surface area contributed by atoms with Crippen LogP contribution in [0.25, 0.3) is 0 Å². The molecule has 26 heavy (non-hydrogen) atoms. The van der Waals surface area contributed by atoms with Crippen LogP contribution in [0.1, 0.15) is 12.8 Å². The minimum atomic E-state index is -3.02. The number of ether oxygens (including phenoxy) is 1. The largest absolute Gasteiger partial charge is 0.433 e. The van der Waals surface area contributed by atoms with Gasteiger partial charge in [-0.3, -0.25) is 19.3 Å². The number of benzene rings is 1. The van der Waals surface area contributed by atoms with Gasteiger partial charge < -0.3 is 10.1 Å². The zero-order valence-corrected chi connectivity index (χ0v) is 14.2. The highest BCUT2D eigenvalue weighted by Gasteiger charge is 2.47. The van der Waals surface area contributed by atoms with Crippen LogP contribution in [-0.4, -0.2) is 35.8 Å². The molecule has 0 bridgehead atoms. The van der Waals surface area contributed by atoms with E-state index in [2.05, 4.69) is 10.1 Å². The summed E-state index contributed by atoms with van der Waals surface area (Å²) in [7, 11) is 0. The molecule has 2 aliphatic rings. The highest BCUT2D eigenvalue weighted by atomic mass is 35.5. The number of fused-ring (bicyclic) bond motifs is 1. The van der Waals surface area contributed by atoms with Crippen molar-refractivity contribution >= 4 is 35.0 Å². The number of rotatable bonds is 5. The Morgan fingerprint density at radius 3 is 2.38 bits per heavy atom. The van der Waals surface area contributed by atoms with Crippen molar-refractivity contribution < 1.29 is 27.9 Å². The van der Waals surface area contributed by atoms with Gasteiger partial charge >= 0.3 is 6.61 Å². The topological polar surface area (TPSA) is 75.7 Å². The normalized spacial score (nSPS) is 21.9. The molecule has 0 spiro atoms. The fraction of sp³-hybridized carbons (Fsp3) is 0.353. The summed E-state index contributed by atoms with van der Waals surface area (Å²) >= 11 is 5.82. The summed E-state index contributed by atoms with van der Waals surface area (Å²) in [4.78, 5) is 37.8. The van der Waals surface area contributed by atoms with E-state index in [1.807, 2.05) is 12.2 Å². The number of allylic oxidation sites excluding steroid dienone is 2. The van der Waals surface area contributed by atoms with Gasteiger partial charge in [0.25, 0.3) is 0 Å². The minimum absolute atomic E-state index is 0.103. The van der Waals surface area contributed by atoms with E-state index in [-0.39, 0.29) is 28.3 Å². The first-order valence-electron chi connectivity index (χ1n) is 7.91. The average Bonchev–Trinajstić information content (AvgIpc) is 2.82. The Bertz CT molecular complexity index is 758. The lowest BCUT2D eigenvalue weighted by atomic mass is 9.85. The third-order valence-corrected chi connectivity index (χ3v) is 4.63. The quantitative estimate of drug-likeness (QED) is 0.625. The summed E-state index contributed by atoms with van der Waals surface area (Å²) in [6, 6.07) is 3.77. The predicted molar refractivity (Wildman–Crippen MR) is 88.8 cm³/mol. The summed E-state index contributed by atoms with van der Waals surface area (Å²) in [5.41, 5.74) is 0.236. The van der Waals surface area contributed by atoms with Crippen LogP contribution in [0.3, 0.4) is 0 Å². The van der Waals surface area contributed by atoms with E-state index in [0.29, 0.717) is 12.8 Å². The van der Waals surface area contributed by atoms with Gasteiger partial charge in [0, 0.05) is 5.69 Å². The third kappa shape index (κ3) is 3.70. The van der Waals surface area contributed by atoms with Crippen LogP contribution in [-0.2, 0) is 14.4 Å². The molecule has 1 aliphatic heterocycles. The molecule has 0 saturated carbocycles. The smallest absolute Gasteiger partial charge is 0.387 e. The Labute approximate surface area is 152 Å². The molecular weight excluding hydrogens is 370 g/mol. The van der Waals surface area contributed by atoms with Gasteiger partial charge in [-0.25, -0.2) is 0 Å². The van der Waals surface area contributed by atoms with Crippen LogP contribution in [0.4, 0.5) is 14.5 Å². The van der Waals surface area contributed by atoms with Crippen molar-refractivity contribution in [3.63, 3.8) is 0 Å². The van der Waals surface area contributed by atoms with Crippen molar-refractivity contribution in [2.75, 3.05) is 11.9 Å². The van der Waals surface area contributed by atoms with E-state index in [0.717, 1.165) is 4.90 Å². The van der Waals surface area contributed by atoms with Crippen LogP contribution in [0.2, 0.25) is 5.02 Å². The monoisotopic (exact) mass is 384 g/mol. The number of carbonyl (C=O) groups excluding carboxylic acids is 3. The summed E-state index contributed by atoms with van der Waals surface area (Å²) in [6.45, 7) is -3.42. The fourth-order valence-electron chi connectivity index (χ4n) is 3.14. The molecule has 3 amide bonds. The molecule has 0 aromatic heterocycles. The SMILES string of the molecule is O=C(CN1C(=O)[C@H]2CC=CC[C@@H]2C1=O)Nc1ccc(OC(F)F)c(Cl)c1. The highest BCUT2D eigenvalue weighted by molar-refractivity contribution is 6.32. The lowest BCUT2D eigenvalue weighted by Gasteiger charge is -2.15. The summed E-state index contributed by atoms with van der Waals surface area (Å²) in [5, 5.41) is 2.38. The average molecular weight is 385 g/mol. The molecule has 1 aliphatic carbocycles. The van der Waals surface area contributed by atoms with Crippen LogP contribution < -0.4 is 10.1 Å². The summed E-state index contributed by atoms with van der Waals surface area (Å²) < 4.78 is 28.6. The van der Waals surface area contributed by atoms with Gasteiger partial charge in [-0.2, -0.15) is 8.78 Å². The maximum absolute atomic E-state index is 12.3. The molecule has 9 heteroatoms. The maximum Gasteiger partial charge on any atom is 0.387 e. The van der Waals surface area contributed by atoms with Crippen LogP contribution >= 0.6 is 11.6 Å². The minimum Gasteiger partial charge on any atom is -0.433 e. The fourth-order valence-corrected chi connectivity index (χ4v) is 3.36. The number of imide groups is 1. The van der Waals surface area contributed by atoms with Gasteiger partial charge in [-0.15, -0.1) is 0 Å². The van der Waals surface area contributed by atoms with Gasteiger partial charge in [0.15, 0.2) is 0 Å². The molecule has 1 saturated heterocycles. The van der Waals surface area contributed by atoms with Gasteiger partial charge in [0.1, 0.15) is 12.3 Å². The van der Waals surface area contributed by atoms with Gasteiger partial charge in [-0.1, -0.05) is 23.8 Å². The molecule has 138 valence electrons. The Morgan fingerprint density at radius 2 is 1.85 bits per heavy atom. The summed E-state index contributed by atoms with van der Waals surface area (Å²) in [6.07, 6.45) is 4.71. The van der Waals surface area contributed by atoms with Crippen LogP contribution in [0.15, 0.2) is 30.4 Å². The first kappa shape index (κ1) is 18.3. The van der Waals surface area contributed by atoms with Gasteiger partial charge in [0.2, 0.25) is 17.7 Å². The molecule has 6 nitrogen and oxygen atoms in total. The number of amides is 3. The van der Waals surface area contributed by atoms with E-state index in [9.17, 15) is 23.2 Å². The van der Waals surface area contributed by atoms with Gasteiger partial charge in [-0.05, 0) is 31.0 Å². The molecule has 1 aromatic carbocycles. The molecule has 0 unspecified atom stereocenters. The van der Waals surface area contributed by atoms with E-state index in [4.69, 9.17) is 11.6 Å². The molecule has 2 atom stereocenters. The van der Waals surface area contributed by atoms with E-state index < -0.39 is 30.9 Å². The second-order valence-electron chi connectivity index (χ2n) is 5.99. The first-order valence-corrected chi connectivity index (χ1v) is 8.29. The standard InChI is InChI=1S/C17H15ClF2N2O4/c18-12-7-9(5-6-13(12)26-17(19)20)21-14(23)8-22-15(24)10-3-1-2-4-11(10)16(22)25/h1-2,5-7,10-11,17H,3-4,8H2,(H,21,23)/t10-,11-/m0/s1. The molecule has 0 radical (unpaired) electrons. The Kier molecular flexibility index (Phi) is 5.22. The zero-order chi connectivity index (χ0) is 18.8. The highest BCUT2D eigenvalue weighted by Crippen LogP contribution is 2.35. The molecule has 1 aromatic rings. The number of carbonyl (C=O) groups is 3.